The minimum absolute atomic E-state index is 0.547. The van der Waals surface area contributed by atoms with Crippen molar-refractivity contribution in [2.45, 2.75) is 12.8 Å². The molecule has 1 unspecified atom stereocenters. The van der Waals surface area contributed by atoms with Crippen molar-refractivity contribution in [2.75, 3.05) is 13.2 Å². The van der Waals surface area contributed by atoms with Crippen LogP contribution in [0.15, 0.2) is 18.2 Å². The molecule has 2 N–H and O–H groups in total. The van der Waals surface area contributed by atoms with Crippen LogP contribution in [0.3, 0.4) is 0 Å². The van der Waals surface area contributed by atoms with Gasteiger partial charge in [-0.3, -0.25) is 0 Å². The van der Waals surface area contributed by atoms with Gasteiger partial charge in [-0.2, -0.15) is 0 Å². The standard InChI is InChI=1S/C11H14ClNO/c12-10-1-2-11-9(6-10)5-8(3-4-13)7-14-11/h1-2,6,8H,3-5,7,13H2. The fraction of sp³-hybridized carbons (Fsp3) is 0.455. The van der Waals surface area contributed by atoms with Crippen LogP contribution < -0.4 is 10.5 Å². The van der Waals surface area contributed by atoms with Crippen molar-refractivity contribution in [2.24, 2.45) is 11.7 Å². The summed E-state index contributed by atoms with van der Waals surface area (Å²) in [5, 5.41) is 0.778. The molecule has 14 heavy (non-hydrogen) atoms. The van der Waals surface area contributed by atoms with Gasteiger partial charge in [0.15, 0.2) is 0 Å². The molecule has 0 saturated heterocycles. The molecule has 0 saturated carbocycles. The summed E-state index contributed by atoms with van der Waals surface area (Å²) in [5.74, 6) is 1.52. The van der Waals surface area contributed by atoms with Gasteiger partial charge in [0.1, 0.15) is 5.75 Å². The van der Waals surface area contributed by atoms with Crippen molar-refractivity contribution in [3.8, 4) is 5.75 Å². The number of halogens is 1. The lowest BCUT2D eigenvalue weighted by molar-refractivity contribution is 0.216. The maximum atomic E-state index is 5.92. The first-order valence-electron chi connectivity index (χ1n) is 4.91. The molecular formula is C11H14ClNO. The molecule has 0 amide bonds. The molecule has 1 aliphatic rings. The van der Waals surface area contributed by atoms with Crippen LogP contribution in [-0.2, 0) is 6.42 Å². The largest absolute Gasteiger partial charge is 0.493 e. The molecule has 76 valence electrons. The first-order valence-corrected chi connectivity index (χ1v) is 5.28. The number of nitrogens with two attached hydrogens (primary N) is 1. The van der Waals surface area contributed by atoms with Crippen molar-refractivity contribution in [3.63, 3.8) is 0 Å². The van der Waals surface area contributed by atoms with E-state index in [0.717, 1.165) is 36.8 Å². The van der Waals surface area contributed by atoms with Gasteiger partial charge >= 0.3 is 0 Å². The average Bonchev–Trinajstić information content (AvgIpc) is 2.17. The van der Waals surface area contributed by atoms with E-state index in [-0.39, 0.29) is 0 Å². The molecule has 0 radical (unpaired) electrons. The molecule has 0 aromatic heterocycles. The van der Waals surface area contributed by atoms with Crippen LogP contribution in [0.5, 0.6) is 5.75 Å². The SMILES string of the molecule is NCCC1COc2ccc(Cl)cc2C1. The summed E-state index contributed by atoms with van der Waals surface area (Å²) in [6.07, 6.45) is 2.05. The zero-order valence-electron chi connectivity index (χ0n) is 8.00. The Balaban J connectivity index is 2.16. The molecule has 0 fully saturated rings. The Morgan fingerprint density at radius 2 is 2.36 bits per heavy atom. The average molecular weight is 212 g/mol. The predicted octanol–water partition coefficient (Wildman–Crippen LogP) is 2.24. The normalized spacial score (nSPS) is 20.0. The molecule has 1 aromatic rings. The minimum atomic E-state index is 0.547. The van der Waals surface area contributed by atoms with E-state index in [9.17, 15) is 0 Å². The molecule has 0 spiro atoms. The third-order valence-corrected chi connectivity index (χ3v) is 2.82. The number of ether oxygens (including phenoxy) is 1. The Bertz CT molecular complexity index is 327. The predicted molar refractivity (Wildman–Crippen MR) is 57.8 cm³/mol. The fourth-order valence-corrected chi connectivity index (χ4v) is 2.04. The quantitative estimate of drug-likeness (QED) is 0.815. The van der Waals surface area contributed by atoms with Gasteiger partial charge in [0.05, 0.1) is 6.61 Å². The van der Waals surface area contributed by atoms with Gasteiger partial charge in [0, 0.05) is 5.02 Å². The Morgan fingerprint density at radius 3 is 3.14 bits per heavy atom. The number of benzene rings is 1. The highest BCUT2D eigenvalue weighted by molar-refractivity contribution is 6.30. The van der Waals surface area contributed by atoms with Crippen LogP contribution in [0.1, 0.15) is 12.0 Å². The van der Waals surface area contributed by atoms with Crippen molar-refractivity contribution in [3.05, 3.63) is 28.8 Å². The summed E-state index contributed by atoms with van der Waals surface area (Å²) in [5.41, 5.74) is 6.74. The van der Waals surface area contributed by atoms with Gasteiger partial charge in [-0.1, -0.05) is 11.6 Å². The van der Waals surface area contributed by atoms with E-state index >= 15 is 0 Å². The van der Waals surface area contributed by atoms with Crippen molar-refractivity contribution < 1.29 is 4.74 Å². The number of hydrogen-bond acceptors (Lipinski definition) is 2. The second kappa shape index (κ2) is 4.20. The highest BCUT2D eigenvalue weighted by atomic mass is 35.5. The Labute approximate surface area is 89.0 Å². The van der Waals surface area contributed by atoms with Gasteiger partial charge in [-0.05, 0) is 49.1 Å². The molecular weight excluding hydrogens is 198 g/mol. The van der Waals surface area contributed by atoms with Gasteiger partial charge < -0.3 is 10.5 Å². The van der Waals surface area contributed by atoms with E-state index < -0.39 is 0 Å². The molecule has 2 rings (SSSR count). The van der Waals surface area contributed by atoms with E-state index in [4.69, 9.17) is 22.1 Å². The molecule has 1 aliphatic heterocycles. The number of rotatable bonds is 2. The van der Waals surface area contributed by atoms with Gasteiger partial charge in [0.2, 0.25) is 0 Å². The Kier molecular flexibility index (Phi) is 2.94. The van der Waals surface area contributed by atoms with Crippen LogP contribution in [0.2, 0.25) is 5.02 Å². The van der Waals surface area contributed by atoms with E-state index in [0.29, 0.717) is 5.92 Å². The van der Waals surface area contributed by atoms with E-state index in [1.54, 1.807) is 0 Å². The topological polar surface area (TPSA) is 35.2 Å². The molecule has 0 bridgehead atoms. The van der Waals surface area contributed by atoms with Crippen LogP contribution in [0.25, 0.3) is 0 Å². The van der Waals surface area contributed by atoms with Gasteiger partial charge in [-0.25, -0.2) is 0 Å². The molecule has 0 aliphatic carbocycles. The fourth-order valence-electron chi connectivity index (χ4n) is 1.85. The Morgan fingerprint density at radius 1 is 1.50 bits per heavy atom. The van der Waals surface area contributed by atoms with E-state index in [1.807, 2.05) is 18.2 Å². The third kappa shape index (κ3) is 2.02. The highest BCUT2D eigenvalue weighted by Crippen LogP contribution is 2.30. The Hall–Kier alpha value is -0.730. The summed E-state index contributed by atoms with van der Waals surface area (Å²) in [6.45, 7) is 1.51. The first-order chi connectivity index (χ1) is 6.79. The maximum Gasteiger partial charge on any atom is 0.122 e. The lowest BCUT2D eigenvalue weighted by atomic mass is 9.94. The van der Waals surface area contributed by atoms with Crippen LogP contribution >= 0.6 is 11.6 Å². The van der Waals surface area contributed by atoms with Gasteiger partial charge in [-0.15, -0.1) is 0 Å². The lowest BCUT2D eigenvalue weighted by Crippen LogP contribution is -2.23. The maximum absolute atomic E-state index is 5.92. The molecule has 1 atom stereocenters. The number of hydrogen-bond donors (Lipinski definition) is 1. The summed E-state index contributed by atoms with van der Waals surface area (Å²) < 4.78 is 5.63. The van der Waals surface area contributed by atoms with Crippen LogP contribution in [0.4, 0.5) is 0 Å². The number of fused-ring (bicyclic) bond motifs is 1. The summed E-state index contributed by atoms with van der Waals surface area (Å²) >= 11 is 5.92. The second-order valence-electron chi connectivity index (χ2n) is 3.71. The summed E-state index contributed by atoms with van der Waals surface area (Å²) in [6, 6.07) is 5.79. The van der Waals surface area contributed by atoms with Crippen molar-refractivity contribution in [1.29, 1.82) is 0 Å². The highest BCUT2D eigenvalue weighted by Gasteiger charge is 2.19. The van der Waals surface area contributed by atoms with E-state index in [1.165, 1.54) is 5.56 Å². The van der Waals surface area contributed by atoms with Crippen LogP contribution in [0, 0.1) is 5.92 Å². The molecule has 2 nitrogen and oxygen atoms in total. The zero-order chi connectivity index (χ0) is 9.97. The first kappa shape index (κ1) is 9.81. The monoisotopic (exact) mass is 211 g/mol. The summed E-state index contributed by atoms with van der Waals surface area (Å²) in [7, 11) is 0. The van der Waals surface area contributed by atoms with Crippen molar-refractivity contribution in [1.82, 2.24) is 0 Å². The minimum Gasteiger partial charge on any atom is -0.493 e. The second-order valence-corrected chi connectivity index (χ2v) is 4.15. The van der Waals surface area contributed by atoms with Crippen molar-refractivity contribution >= 4 is 11.6 Å². The molecule has 1 aromatic carbocycles. The van der Waals surface area contributed by atoms with Crippen LogP contribution in [-0.4, -0.2) is 13.2 Å². The van der Waals surface area contributed by atoms with E-state index in [2.05, 4.69) is 0 Å². The summed E-state index contributed by atoms with van der Waals surface area (Å²) in [4.78, 5) is 0. The van der Waals surface area contributed by atoms with Gasteiger partial charge in [0.25, 0.3) is 0 Å². The molecule has 1 heterocycles. The molecule has 3 heteroatoms. The third-order valence-electron chi connectivity index (χ3n) is 2.58. The lowest BCUT2D eigenvalue weighted by Gasteiger charge is -2.24. The zero-order valence-corrected chi connectivity index (χ0v) is 8.76. The smallest absolute Gasteiger partial charge is 0.122 e.